The van der Waals surface area contributed by atoms with Gasteiger partial charge in [0, 0.05) is 13.1 Å². The highest BCUT2D eigenvalue weighted by Gasteiger charge is 2.35. The fourth-order valence-electron chi connectivity index (χ4n) is 2.64. The minimum absolute atomic E-state index is 0.155. The van der Waals surface area contributed by atoms with Gasteiger partial charge in [-0.05, 0) is 43.0 Å². The number of hydrogen-bond acceptors (Lipinski definition) is 2. The van der Waals surface area contributed by atoms with E-state index in [1.54, 1.807) is 6.92 Å². The highest BCUT2D eigenvalue weighted by molar-refractivity contribution is 7.17. The zero-order valence-corrected chi connectivity index (χ0v) is 12.1. The van der Waals surface area contributed by atoms with Crippen LogP contribution in [0.1, 0.15) is 26.2 Å². The minimum atomic E-state index is -4.24. The van der Waals surface area contributed by atoms with E-state index in [4.69, 9.17) is 0 Å². The SMILES string of the molecule is CC1=C(NCC2CCCC2P)NCC(C(F)(F)F)=C1. The van der Waals surface area contributed by atoms with Crippen LogP contribution in [-0.4, -0.2) is 24.9 Å². The molecule has 0 spiro atoms. The number of dihydropyridines is 1. The number of rotatable bonds is 3. The molecule has 108 valence electrons. The molecular weight excluding hydrogens is 272 g/mol. The first-order valence-corrected chi connectivity index (χ1v) is 7.26. The molecule has 1 fully saturated rings. The average Bonchev–Trinajstić information content (AvgIpc) is 2.72. The highest BCUT2D eigenvalue weighted by Crippen LogP contribution is 2.32. The topological polar surface area (TPSA) is 24.1 Å². The molecule has 0 aromatic carbocycles. The Morgan fingerprint density at radius 3 is 2.68 bits per heavy atom. The maximum absolute atomic E-state index is 12.6. The second kappa shape index (κ2) is 5.74. The van der Waals surface area contributed by atoms with Crippen LogP contribution < -0.4 is 10.6 Å². The maximum atomic E-state index is 12.6. The predicted molar refractivity (Wildman–Crippen MR) is 73.7 cm³/mol. The van der Waals surface area contributed by atoms with E-state index in [1.165, 1.54) is 25.3 Å². The van der Waals surface area contributed by atoms with Gasteiger partial charge in [0.15, 0.2) is 0 Å². The molecule has 1 saturated carbocycles. The molecule has 0 saturated heterocycles. The third-order valence-corrected chi connectivity index (χ3v) is 4.74. The van der Waals surface area contributed by atoms with E-state index in [9.17, 15) is 13.2 Å². The summed E-state index contributed by atoms with van der Waals surface area (Å²) in [6.07, 6.45) is 0.643. The van der Waals surface area contributed by atoms with Crippen molar-refractivity contribution in [2.45, 2.75) is 38.0 Å². The number of allylic oxidation sites excluding steroid dienone is 2. The Bertz CT molecular complexity index is 401. The molecule has 2 nitrogen and oxygen atoms in total. The Balaban J connectivity index is 1.96. The molecule has 19 heavy (non-hydrogen) atoms. The molecule has 2 aliphatic rings. The van der Waals surface area contributed by atoms with Crippen molar-refractivity contribution < 1.29 is 13.2 Å². The normalized spacial score (nSPS) is 28.2. The lowest BCUT2D eigenvalue weighted by atomic mass is 10.1. The molecule has 0 aromatic heterocycles. The van der Waals surface area contributed by atoms with Crippen LogP contribution in [0.4, 0.5) is 13.2 Å². The lowest BCUT2D eigenvalue weighted by Crippen LogP contribution is -2.37. The van der Waals surface area contributed by atoms with Crippen LogP contribution in [0.2, 0.25) is 0 Å². The maximum Gasteiger partial charge on any atom is 0.414 e. The standard InChI is InChI=1S/C13H20F3N2P/c1-8-5-10(13(14,15)16)7-18-12(8)17-6-9-3-2-4-11(9)19/h5,9,11,17-18H,2-4,6-7,19H2,1H3. The van der Waals surface area contributed by atoms with E-state index in [-0.39, 0.29) is 6.54 Å². The van der Waals surface area contributed by atoms with Crippen LogP contribution in [0.3, 0.4) is 0 Å². The van der Waals surface area contributed by atoms with E-state index in [0.29, 0.717) is 17.2 Å². The molecule has 1 aliphatic heterocycles. The Kier molecular flexibility index (Phi) is 4.44. The van der Waals surface area contributed by atoms with Crippen LogP contribution in [0.15, 0.2) is 23.0 Å². The number of alkyl halides is 3. The summed E-state index contributed by atoms with van der Waals surface area (Å²) in [5.41, 5.74) is 0.732. The van der Waals surface area contributed by atoms with Gasteiger partial charge in [-0.15, -0.1) is 9.24 Å². The number of nitrogens with one attached hydrogen (secondary N) is 2. The van der Waals surface area contributed by atoms with Crippen molar-refractivity contribution >= 4 is 9.24 Å². The fraction of sp³-hybridized carbons (Fsp3) is 0.692. The van der Waals surface area contributed by atoms with E-state index in [0.717, 1.165) is 12.4 Å². The third-order valence-electron chi connectivity index (χ3n) is 3.86. The van der Waals surface area contributed by atoms with Crippen molar-refractivity contribution in [3.63, 3.8) is 0 Å². The van der Waals surface area contributed by atoms with Gasteiger partial charge in [-0.1, -0.05) is 6.42 Å². The van der Waals surface area contributed by atoms with Crippen molar-refractivity contribution in [2.75, 3.05) is 13.1 Å². The molecule has 2 rings (SSSR count). The van der Waals surface area contributed by atoms with Crippen molar-refractivity contribution in [3.8, 4) is 0 Å². The molecule has 1 aliphatic carbocycles. The first kappa shape index (κ1) is 14.7. The lowest BCUT2D eigenvalue weighted by molar-refractivity contribution is -0.0930. The second-order valence-corrected chi connectivity index (χ2v) is 6.17. The van der Waals surface area contributed by atoms with Gasteiger partial charge in [-0.25, -0.2) is 0 Å². The predicted octanol–water partition coefficient (Wildman–Crippen LogP) is 2.94. The molecule has 2 N–H and O–H groups in total. The monoisotopic (exact) mass is 292 g/mol. The molecule has 1 heterocycles. The number of halogens is 3. The zero-order chi connectivity index (χ0) is 14.0. The summed E-state index contributed by atoms with van der Waals surface area (Å²) in [5, 5.41) is 6.10. The quantitative estimate of drug-likeness (QED) is 0.782. The van der Waals surface area contributed by atoms with Gasteiger partial charge in [0.2, 0.25) is 0 Å². The van der Waals surface area contributed by atoms with Gasteiger partial charge in [-0.3, -0.25) is 0 Å². The van der Waals surface area contributed by atoms with Gasteiger partial charge >= 0.3 is 6.18 Å². The van der Waals surface area contributed by atoms with Crippen molar-refractivity contribution in [1.29, 1.82) is 0 Å². The van der Waals surface area contributed by atoms with Gasteiger partial charge in [0.05, 0.1) is 5.57 Å². The van der Waals surface area contributed by atoms with Crippen LogP contribution in [0.25, 0.3) is 0 Å². The van der Waals surface area contributed by atoms with Crippen LogP contribution in [-0.2, 0) is 0 Å². The van der Waals surface area contributed by atoms with Gasteiger partial charge < -0.3 is 10.6 Å². The molecule has 0 bridgehead atoms. The van der Waals surface area contributed by atoms with E-state index < -0.39 is 11.7 Å². The van der Waals surface area contributed by atoms with Crippen molar-refractivity contribution in [2.24, 2.45) is 5.92 Å². The lowest BCUT2D eigenvalue weighted by Gasteiger charge is -2.25. The molecular formula is C13H20F3N2P. The van der Waals surface area contributed by atoms with Crippen LogP contribution >= 0.6 is 9.24 Å². The molecule has 3 unspecified atom stereocenters. The summed E-state index contributed by atoms with van der Waals surface area (Å²) < 4.78 is 37.7. The van der Waals surface area contributed by atoms with Gasteiger partial charge in [-0.2, -0.15) is 13.2 Å². The Morgan fingerprint density at radius 1 is 1.42 bits per heavy atom. The largest absolute Gasteiger partial charge is 0.414 e. The highest BCUT2D eigenvalue weighted by atomic mass is 31.0. The Hall–Kier alpha value is -0.700. The second-order valence-electron chi connectivity index (χ2n) is 5.31. The van der Waals surface area contributed by atoms with Crippen molar-refractivity contribution in [1.82, 2.24) is 10.6 Å². The summed E-state index contributed by atoms with van der Waals surface area (Å²) in [5.74, 6) is 1.33. The molecule has 3 atom stereocenters. The Labute approximate surface area is 114 Å². The fourth-order valence-corrected chi connectivity index (χ4v) is 3.21. The summed E-state index contributed by atoms with van der Waals surface area (Å²) in [4.78, 5) is 0. The summed E-state index contributed by atoms with van der Waals surface area (Å²) >= 11 is 0. The summed E-state index contributed by atoms with van der Waals surface area (Å²) in [7, 11) is 2.87. The van der Waals surface area contributed by atoms with Gasteiger partial charge in [0.25, 0.3) is 0 Å². The van der Waals surface area contributed by atoms with E-state index in [2.05, 4.69) is 19.9 Å². The molecule has 0 aromatic rings. The first-order valence-electron chi connectivity index (χ1n) is 6.60. The van der Waals surface area contributed by atoms with E-state index >= 15 is 0 Å². The first-order chi connectivity index (χ1) is 8.88. The minimum Gasteiger partial charge on any atom is -0.371 e. The summed E-state index contributed by atoms with van der Waals surface area (Å²) in [6, 6.07) is 0. The Morgan fingerprint density at radius 2 is 2.16 bits per heavy atom. The molecule has 0 amide bonds. The third kappa shape index (κ3) is 3.65. The molecule has 0 radical (unpaired) electrons. The van der Waals surface area contributed by atoms with Crippen LogP contribution in [0, 0.1) is 5.92 Å². The summed E-state index contributed by atoms with van der Waals surface area (Å²) in [6.45, 7) is 2.37. The van der Waals surface area contributed by atoms with E-state index in [1.807, 2.05) is 0 Å². The van der Waals surface area contributed by atoms with Crippen molar-refractivity contribution in [3.05, 3.63) is 23.0 Å². The smallest absolute Gasteiger partial charge is 0.371 e. The number of hydrogen-bond donors (Lipinski definition) is 2. The zero-order valence-electron chi connectivity index (χ0n) is 11.0. The molecule has 6 heteroatoms. The van der Waals surface area contributed by atoms with Crippen LogP contribution in [0.5, 0.6) is 0 Å². The van der Waals surface area contributed by atoms with Gasteiger partial charge in [0.1, 0.15) is 5.82 Å². The average molecular weight is 292 g/mol.